The lowest BCUT2D eigenvalue weighted by atomic mass is 10.1. The van der Waals surface area contributed by atoms with Gasteiger partial charge in [0.1, 0.15) is 5.69 Å². The number of urea groups is 1. The van der Waals surface area contributed by atoms with Crippen molar-refractivity contribution in [2.24, 2.45) is 7.05 Å². The quantitative estimate of drug-likeness (QED) is 0.709. The molecule has 0 saturated heterocycles. The molecule has 28 heavy (non-hydrogen) atoms. The van der Waals surface area contributed by atoms with Crippen molar-refractivity contribution in [2.75, 3.05) is 12.4 Å². The number of hydrogen-bond donors (Lipinski definition) is 1. The summed E-state index contributed by atoms with van der Waals surface area (Å²) in [5.41, 5.74) is 2.36. The fourth-order valence-corrected chi connectivity index (χ4v) is 3.17. The molecule has 0 spiro atoms. The van der Waals surface area contributed by atoms with Gasteiger partial charge in [-0.25, -0.2) is 9.48 Å². The lowest BCUT2D eigenvalue weighted by Gasteiger charge is -2.25. The number of nitrogens with one attached hydrogen (secondary N) is 1. The molecule has 1 atom stereocenters. The normalized spacial score (nSPS) is 11.9. The minimum atomic E-state index is -0.353. The molecule has 3 aromatic rings. The van der Waals surface area contributed by atoms with Crippen LogP contribution in [0.25, 0.3) is 5.69 Å². The highest BCUT2D eigenvalue weighted by Gasteiger charge is 2.22. The lowest BCUT2D eigenvalue weighted by Crippen LogP contribution is -2.35. The SMILES string of the molecule is Cc1c(NC(=O)N(C)C(C)c2ccc(Cl)cc2)c(=O)n(-c2ccccc2)n1C. The largest absolute Gasteiger partial charge is 0.322 e. The zero-order chi connectivity index (χ0) is 20.4. The zero-order valence-electron chi connectivity index (χ0n) is 16.3. The minimum Gasteiger partial charge on any atom is -0.321 e. The number of benzene rings is 2. The maximum absolute atomic E-state index is 12.9. The number of carbonyl (C=O) groups excluding carboxylic acids is 1. The summed E-state index contributed by atoms with van der Waals surface area (Å²) in [6, 6.07) is 16.1. The molecule has 0 aliphatic heterocycles. The third-order valence-corrected chi connectivity index (χ3v) is 5.29. The van der Waals surface area contributed by atoms with E-state index in [0.717, 1.165) is 11.3 Å². The summed E-state index contributed by atoms with van der Waals surface area (Å²) in [5, 5.41) is 3.42. The summed E-state index contributed by atoms with van der Waals surface area (Å²) in [6.07, 6.45) is 0. The van der Waals surface area contributed by atoms with Crippen LogP contribution in [0.15, 0.2) is 59.4 Å². The van der Waals surface area contributed by atoms with Crippen LogP contribution >= 0.6 is 11.6 Å². The molecule has 0 bridgehead atoms. The van der Waals surface area contributed by atoms with E-state index in [1.165, 1.54) is 4.68 Å². The fourth-order valence-electron chi connectivity index (χ4n) is 3.05. The predicted octanol–water partition coefficient (Wildman–Crippen LogP) is 4.36. The maximum atomic E-state index is 12.9. The molecule has 1 N–H and O–H groups in total. The molecule has 0 aliphatic carbocycles. The monoisotopic (exact) mass is 398 g/mol. The van der Waals surface area contributed by atoms with Crippen molar-refractivity contribution in [1.82, 2.24) is 14.3 Å². The second-order valence-electron chi connectivity index (χ2n) is 6.71. The fraction of sp³-hybridized carbons (Fsp3) is 0.238. The van der Waals surface area contributed by atoms with Crippen molar-refractivity contribution in [2.45, 2.75) is 19.9 Å². The lowest BCUT2D eigenvalue weighted by molar-refractivity contribution is 0.208. The molecule has 0 saturated carbocycles. The van der Waals surface area contributed by atoms with E-state index in [0.29, 0.717) is 10.7 Å². The van der Waals surface area contributed by atoms with Crippen molar-refractivity contribution < 1.29 is 4.79 Å². The van der Waals surface area contributed by atoms with E-state index in [9.17, 15) is 9.59 Å². The molecular weight excluding hydrogens is 376 g/mol. The summed E-state index contributed by atoms with van der Waals surface area (Å²) >= 11 is 5.94. The number of aromatic nitrogens is 2. The summed E-state index contributed by atoms with van der Waals surface area (Å²) in [6.45, 7) is 3.72. The van der Waals surface area contributed by atoms with E-state index < -0.39 is 0 Å². The molecule has 2 aromatic carbocycles. The smallest absolute Gasteiger partial charge is 0.321 e. The molecule has 7 heteroatoms. The van der Waals surface area contributed by atoms with E-state index >= 15 is 0 Å². The van der Waals surface area contributed by atoms with E-state index in [4.69, 9.17) is 11.6 Å². The van der Waals surface area contributed by atoms with E-state index in [-0.39, 0.29) is 23.3 Å². The van der Waals surface area contributed by atoms with Crippen LogP contribution in [0.5, 0.6) is 0 Å². The third-order valence-electron chi connectivity index (χ3n) is 5.04. The Morgan fingerprint density at radius 2 is 1.71 bits per heavy atom. The molecule has 2 amide bonds. The number of halogens is 1. The molecule has 0 radical (unpaired) electrons. The Morgan fingerprint density at radius 1 is 1.11 bits per heavy atom. The number of rotatable bonds is 4. The van der Waals surface area contributed by atoms with Crippen LogP contribution in [0.1, 0.15) is 24.2 Å². The third kappa shape index (κ3) is 3.68. The van der Waals surface area contributed by atoms with Gasteiger partial charge in [-0.1, -0.05) is 41.9 Å². The van der Waals surface area contributed by atoms with Crippen LogP contribution in [0, 0.1) is 6.92 Å². The van der Waals surface area contributed by atoms with Gasteiger partial charge in [0, 0.05) is 19.1 Å². The van der Waals surface area contributed by atoms with Crippen molar-refractivity contribution >= 4 is 23.3 Å². The van der Waals surface area contributed by atoms with Gasteiger partial charge in [0.15, 0.2) is 0 Å². The Bertz CT molecular complexity index is 1040. The minimum absolute atomic E-state index is 0.183. The molecule has 1 aromatic heterocycles. The molecule has 1 unspecified atom stereocenters. The Labute approximate surface area is 168 Å². The molecule has 1 heterocycles. The van der Waals surface area contributed by atoms with Crippen molar-refractivity contribution in [3.05, 3.63) is 81.2 Å². The Kier molecular flexibility index (Phi) is 5.61. The first-order valence-electron chi connectivity index (χ1n) is 8.94. The molecule has 146 valence electrons. The second-order valence-corrected chi connectivity index (χ2v) is 7.14. The van der Waals surface area contributed by atoms with Crippen LogP contribution in [-0.4, -0.2) is 27.3 Å². The predicted molar refractivity (Wildman–Crippen MR) is 112 cm³/mol. The highest BCUT2D eigenvalue weighted by atomic mass is 35.5. The van der Waals surface area contributed by atoms with E-state index in [1.54, 1.807) is 42.7 Å². The van der Waals surface area contributed by atoms with Gasteiger partial charge in [-0.3, -0.25) is 9.48 Å². The Morgan fingerprint density at radius 3 is 2.32 bits per heavy atom. The first-order valence-corrected chi connectivity index (χ1v) is 9.32. The average molecular weight is 399 g/mol. The number of amides is 2. The van der Waals surface area contributed by atoms with E-state index in [2.05, 4.69) is 5.32 Å². The highest BCUT2D eigenvalue weighted by Crippen LogP contribution is 2.22. The highest BCUT2D eigenvalue weighted by molar-refractivity contribution is 6.30. The summed E-state index contributed by atoms with van der Waals surface area (Å²) < 4.78 is 3.27. The van der Waals surface area contributed by atoms with Crippen molar-refractivity contribution in [3.63, 3.8) is 0 Å². The van der Waals surface area contributed by atoms with Gasteiger partial charge in [0.05, 0.1) is 17.4 Å². The van der Waals surface area contributed by atoms with Gasteiger partial charge in [-0.15, -0.1) is 0 Å². The van der Waals surface area contributed by atoms with Crippen LogP contribution in [0.4, 0.5) is 10.5 Å². The Balaban J connectivity index is 1.86. The van der Waals surface area contributed by atoms with Gasteiger partial charge in [0.25, 0.3) is 5.56 Å². The number of hydrogen-bond acceptors (Lipinski definition) is 2. The number of carbonyl (C=O) groups is 1. The zero-order valence-corrected chi connectivity index (χ0v) is 17.1. The molecular formula is C21H23ClN4O2. The van der Waals surface area contributed by atoms with Gasteiger partial charge in [0.2, 0.25) is 0 Å². The van der Waals surface area contributed by atoms with Gasteiger partial charge in [-0.05, 0) is 43.7 Å². The van der Waals surface area contributed by atoms with Crippen LogP contribution in [0.3, 0.4) is 0 Å². The Hall–Kier alpha value is -2.99. The van der Waals surface area contributed by atoms with Crippen LogP contribution in [-0.2, 0) is 7.05 Å². The van der Waals surface area contributed by atoms with Crippen LogP contribution in [0.2, 0.25) is 5.02 Å². The van der Waals surface area contributed by atoms with Crippen LogP contribution < -0.4 is 10.9 Å². The second kappa shape index (κ2) is 7.94. The van der Waals surface area contributed by atoms with Crippen molar-refractivity contribution in [3.8, 4) is 5.69 Å². The van der Waals surface area contributed by atoms with Gasteiger partial charge >= 0.3 is 6.03 Å². The standard InChI is InChI=1S/C21H23ClN4O2/c1-14(16-10-12-17(22)13-11-16)24(3)21(28)23-19-15(2)25(4)26(20(19)27)18-8-6-5-7-9-18/h5-14H,1-4H3,(H,23,28). The first-order chi connectivity index (χ1) is 13.3. The average Bonchev–Trinajstić information content (AvgIpc) is 2.91. The van der Waals surface area contributed by atoms with E-state index in [1.807, 2.05) is 49.4 Å². The first kappa shape index (κ1) is 19.8. The summed E-state index contributed by atoms with van der Waals surface area (Å²) in [4.78, 5) is 27.3. The maximum Gasteiger partial charge on any atom is 0.322 e. The topological polar surface area (TPSA) is 59.3 Å². The van der Waals surface area contributed by atoms with Gasteiger partial charge in [-0.2, -0.15) is 0 Å². The number of nitrogens with zero attached hydrogens (tertiary/aromatic N) is 3. The van der Waals surface area contributed by atoms with Gasteiger partial charge < -0.3 is 10.2 Å². The summed E-state index contributed by atoms with van der Waals surface area (Å²) in [7, 11) is 3.49. The molecule has 6 nitrogen and oxygen atoms in total. The number of anilines is 1. The summed E-state index contributed by atoms with van der Waals surface area (Å²) in [5.74, 6) is 0. The molecule has 0 aliphatic rings. The number of para-hydroxylation sites is 1. The molecule has 0 fully saturated rings. The molecule has 3 rings (SSSR count). The van der Waals surface area contributed by atoms with Crippen molar-refractivity contribution in [1.29, 1.82) is 0 Å².